The molecule has 0 amide bonds. The lowest BCUT2D eigenvalue weighted by Crippen LogP contribution is -1.99. The van der Waals surface area contributed by atoms with E-state index in [9.17, 15) is 0 Å². The van der Waals surface area contributed by atoms with E-state index in [0.29, 0.717) is 19.1 Å². The van der Waals surface area contributed by atoms with Crippen LogP contribution in [0.1, 0.15) is 48.0 Å². The van der Waals surface area contributed by atoms with Crippen molar-refractivity contribution in [3.8, 4) is 5.75 Å². The molecule has 0 saturated heterocycles. The van der Waals surface area contributed by atoms with Crippen molar-refractivity contribution in [2.24, 2.45) is 5.73 Å². The SMILES string of the molecule is Cc1cc(Cl)c(C(C)C)cc1OCc1cc(C)c(CN)o1. The molecule has 114 valence electrons. The van der Waals surface area contributed by atoms with Crippen molar-refractivity contribution in [2.45, 2.75) is 46.8 Å². The molecule has 2 aromatic rings. The van der Waals surface area contributed by atoms with E-state index in [1.54, 1.807) is 0 Å². The first kappa shape index (κ1) is 15.9. The number of hydrogen-bond donors (Lipinski definition) is 1. The van der Waals surface area contributed by atoms with Crippen molar-refractivity contribution in [1.82, 2.24) is 0 Å². The van der Waals surface area contributed by atoms with Crippen LogP contribution in [-0.4, -0.2) is 0 Å². The highest BCUT2D eigenvalue weighted by atomic mass is 35.5. The molecule has 0 spiro atoms. The topological polar surface area (TPSA) is 48.4 Å². The van der Waals surface area contributed by atoms with Gasteiger partial charge in [-0.05, 0) is 54.7 Å². The Kier molecular flexibility index (Phi) is 4.96. The van der Waals surface area contributed by atoms with Gasteiger partial charge in [-0.25, -0.2) is 0 Å². The molecular formula is C17H22ClNO2. The molecule has 2 rings (SSSR count). The van der Waals surface area contributed by atoms with Gasteiger partial charge in [0.15, 0.2) is 0 Å². The minimum absolute atomic E-state index is 0.357. The molecule has 1 heterocycles. The Hall–Kier alpha value is -1.45. The lowest BCUT2D eigenvalue weighted by molar-refractivity contribution is 0.264. The van der Waals surface area contributed by atoms with Gasteiger partial charge >= 0.3 is 0 Å². The second-order valence-electron chi connectivity index (χ2n) is 5.61. The average molecular weight is 308 g/mol. The first-order chi connectivity index (χ1) is 9.92. The van der Waals surface area contributed by atoms with Crippen molar-refractivity contribution in [3.05, 3.63) is 51.4 Å². The average Bonchev–Trinajstić information content (AvgIpc) is 2.77. The Balaban J connectivity index is 2.17. The third kappa shape index (κ3) is 3.60. The number of rotatable bonds is 5. The van der Waals surface area contributed by atoms with Crippen LogP contribution in [0.25, 0.3) is 0 Å². The smallest absolute Gasteiger partial charge is 0.146 e. The molecule has 3 nitrogen and oxygen atoms in total. The number of aryl methyl sites for hydroxylation is 2. The Morgan fingerprint density at radius 2 is 1.90 bits per heavy atom. The summed E-state index contributed by atoms with van der Waals surface area (Å²) in [5.41, 5.74) is 8.79. The summed E-state index contributed by atoms with van der Waals surface area (Å²) < 4.78 is 11.5. The van der Waals surface area contributed by atoms with E-state index in [4.69, 9.17) is 26.5 Å². The third-order valence-corrected chi connectivity index (χ3v) is 3.87. The van der Waals surface area contributed by atoms with E-state index in [1.165, 1.54) is 0 Å². The normalized spacial score (nSPS) is 11.2. The van der Waals surface area contributed by atoms with Crippen molar-refractivity contribution in [2.75, 3.05) is 0 Å². The van der Waals surface area contributed by atoms with E-state index in [-0.39, 0.29) is 0 Å². The maximum atomic E-state index is 6.27. The molecule has 0 aliphatic rings. The highest BCUT2D eigenvalue weighted by Crippen LogP contribution is 2.32. The minimum atomic E-state index is 0.357. The molecule has 0 bridgehead atoms. The molecule has 0 aliphatic carbocycles. The predicted molar refractivity (Wildman–Crippen MR) is 85.9 cm³/mol. The summed E-state index contributed by atoms with van der Waals surface area (Å²) in [4.78, 5) is 0. The quantitative estimate of drug-likeness (QED) is 0.870. The van der Waals surface area contributed by atoms with Crippen LogP contribution >= 0.6 is 11.6 Å². The van der Waals surface area contributed by atoms with E-state index < -0.39 is 0 Å². The fourth-order valence-electron chi connectivity index (χ4n) is 2.28. The Labute approximate surface area is 131 Å². The molecule has 2 N–H and O–H groups in total. The summed E-state index contributed by atoms with van der Waals surface area (Å²) in [6.45, 7) is 9.00. The van der Waals surface area contributed by atoms with Crippen LogP contribution in [-0.2, 0) is 13.2 Å². The highest BCUT2D eigenvalue weighted by Gasteiger charge is 2.12. The molecule has 0 aliphatic heterocycles. The predicted octanol–water partition coefficient (Wildman–Crippen LogP) is 4.71. The fourth-order valence-corrected chi connectivity index (χ4v) is 2.72. The number of ether oxygens (including phenoxy) is 1. The van der Waals surface area contributed by atoms with Gasteiger partial charge in [0.05, 0.1) is 6.54 Å². The van der Waals surface area contributed by atoms with Crippen molar-refractivity contribution in [3.63, 3.8) is 0 Å². The van der Waals surface area contributed by atoms with Crippen molar-refractivity contribution in [1.29, 1.82) is 0 Å². The van der Waals surface area contributed by atoms with Crippen LogP contribution < -0.4 is 10.5 Å². The Bertz CT molecular complexity index is 632. The van der Waals surface area contributed by atoms with Gasteiger partial charge in [-0.1, -0.05) is 25.4 Å². The largest absolute Gasteiger partial charge is 0.485 e. The van der Waals surface area contributed by atoms with Gasteiger partial charge in [0.1, 0.15) is 23.9 Å². The second-order valence-corrected chi connectivity index (χ2v) is 6.01. The number of nitrogens with two attached hydrogens (primary N) is 1. The molecule has 0 unspecified atom stereocenters. The van der Waals surface area contributed by atoms with Crippen LogP contribution in [0.2, 0.25) is 5.02 Å². The number of furan rings is 1. The first-order valence-corrected chi connectivity index (χ1v) is 7.51. The van der Waals surface area contributed by atoms with Gasteiger partial charge in [0.25, 0.3) is 0 Å². The monoisotopic (exact) mass is 307 g/mol. The van der Waals surface area contributed by atoms with Crippen molar-refractivity contribution < 1.29 is 9.15 Å². The van der Waals surface area contributed by atoms with Gasteiger partial charge in [0, 0.05) is 5.02 Å². The zero-order chi connectivity index (χ0) is 15.6. The molecule has 0 atom stereocenters. The highest BCUT2D eigenvalue weighted by molar-refractivity contribution is 6.31. The minimum Gasteiger partial charge on any atom is -0.485 e. The standard InChI is InChI=1S/C17H22ClNO2/c1-10(2)14-7-16(12(4)6-15(14)18)20-9-13-5-11(3)17(8-19)21-13/h5-7,10H,8-9,19H2,1-4H3. The lowest BCUT2D eigenvalue weighted by atomic mass is 10.0. The van der Waals surface area contributed by atoms with Gasteiger partial charge in [-0.2, -0.15) is 0 Å². The zero-order valence-corrected chi connectivity index (χ0v) is 13.8. The summed E-state index contributed by atoms with van der Waals surface area (Å²) in [7, 11) is 0. The molecular weight excluding hydrogens is 286 g/mol. The number of halogens is 1. The van der Waals surface area contributed by atoms with Crippen LogP contribution in [0.3, 0.4) is 0 Å². The molecule has 0 saturated carbocycles. The zero-order valence-electron chi connectivity index (χ0n) is 13.0. The van der Waals surface area contributed by atoms with Crippen molar-refractivity contribution >= 4 is 11.6 Å². The Morgan fingerprint density at radius 1 is 1.19 bits per heavy atom. The number of hydrogen-bond acceptors (Lipinski definition) is 3. The third-order valence-electron chi connectivity index (χ3n) is 3.54. The van der Waals surface area contributed by atoms with Gasteiger partial charge in [-0.15, -0.1) is 0 Å². The molecule has 0 radical (unpaired) electrons. The van der Waals surface area contributed by atoms with Crippen LogP contribution in [0.5, 0.6) is 5.75 Å². The molecule has 1 aromatic heterocycles. The Morgan fingerprint density at radius 3 is 2.48 bits per heavy atom. The van der Waals surface area contributed by atoms with E-state index in [0.717, 1.165) is 39.0 Å². The maximum absolute atomic E-state index is 6.27. The summed E-state index contributed by atoms with van der Waals surface area (Å²) in [5, 5.41) is 0.786. The summed E-state index contributed by atoms with van der Waals surface area (Å²) in [5.74, 6) is 2.79. The maximum Gasteiger partial charge on any atom is 0.146 e. The fraction of sp³-hybridized carbons (Fsp3) is 0.412. The molecule has 0 fully saturated rings. The number of benzene rings is 1. The van der Waals surface area contributed by atoms with Crippen LogP contribution in [0.4, 0.5) is 0 Å². The van der Waals surface area contributed by atoms with Gasteiger partial charge in [0.2, 0.25) is 0 Å². The molecule has 1 aromatic carbocycles. The summed E-state index contributed by atoms with van der Waals surface area (Å²) in [6, 6.07) is 5.93. The molecule has 4 heteroatoms. The van der Waals surface area contributed by atoms with E-state index in [2.05, 4.69) is 13.8 Å². The van der Waals surface area contributed by atoms with Gasteiger partial charge < -0.3 is 14.9 Å². The summed E-state index contributed by atoms with van der Waals surface area (Å²) >= 11 is 6.27. The second kappa shape index (κ2) is 6.54. The lowest BCUT2D eigenvalue weighted by Gasteiger charge is -2.14. The van der Waals surface area contributed by atoms with E-state index in [1.807, 2.05) is 32.0 Å². The first-order valence-electron chi connectivity index (χ1n) is 7.13. The van der Waals surface area contributed by atoms with Crippen LogP contribution in [0, 0.1) is 13.8 Å². The van der Waals surface area contributed by atoms with Crippen LogP contribution in [0.15, 0.2) is 22.6 Å². The summed E-state index contributed by atoms with van der Waals surface area (Å²) in [6.07, 6.45) is 0. The molecule has 21 heavy (non-hydrogen) atoms. The van der Waals surface area contributed by atoms with E-state index >= 15 is 0 Å². The van der Waals surface area contributed by atoms with Gasteiger partial charge in [-0.3, -0.25) is 0 Å².